The molecule has 0 aliphatic carbocycles. The Labute approximate surface area is 194 Å². The predicted octanol–water partition coefficient (Wildman–Crippen LogP) is 4.86. The van der Waals surface area contributed by atoms with Crippen molar-refractivity contribution < 1.29 is 18.7 Å². The molecule has 0 saturated carbocycles. The number of fused-ring (bicyclic) bond motifs is 2. The maximum absolute atomic E-state index is 13.6. The van der Waals surface area contributed by atoms with Crippen molar-refractivity contribution in [2.75, 3.05) is 12.0 Å². The summed E-state index contributed by atoms with van der Waals surface area (Å²) in [7, 11) is 1.29. The molecule has 1 amide bonds. The van der Waals surface area contributed by atoms with Gasteiger partial charge in [0.1, 0.15) is 10.5 Å². The average Bonchev–Trinajstić information content (AvgIpc) is 3.31. The molecule has 0 spiro atoms. The number of thiazole rings is 1. The van der Waals surface area contributed by atoms with Crippen LogP contribution in [0.25, 0.3) is 11.0 Å². The smallest absolute Gasteiger partial charge is 0.350 e. The molecule has 0 fully saturated rings. The number of para-hydroxylation sites is 1. The molecule has 32 heavy (non-hydrogen) atoms. The summed E-state index contributed by atoms with van der Waals surface area (Å²) in [6, 6.07) is 13.4. The van der Waals surface area contributed by atoms with Gasteiger partial charge in [0, 0.05) is 4.47 Å². The summed E-state index contributed by atoms with van der Waals surface area (Å²) in [6.45, 7) is 1.67. The maximum Gasteiger partial charge on any atom is 0.350 e. The Morgan fingerprint density at radius 3 is 2.72 bits per heavy atom. The van der Waals surface area contributed by atoms with E-state index >= 15 is 0 Å². The summed E-state index contributed by atoms with van der Waals surface area (Å²) in [5.41, 5.74) is 1.47. The molecular formula is C23H15BrN2O5S. The van der Waals surface area contributed by atoms with Gasteiger partial charge < -0.3 is 9.15 Å². The number of amides is 1. The fourth-order valence-electron chi connectivity index (χ4n) is 3.88. The predicted molar refractivity (Wildman–Crippen MR) is 123 cm³/mol. The van der Waals surface area contributed by atoms with Crippen LogP contribution in [0.2, 0.25) is 0 Å². The van der Waals surface area contributed by atoms with Gasteiger partial charge in [0.2, 0.25) is 5.76 Å². The van der Waals surface area contributed by atoms with Gasteiger partial charge in [0.25, 0.3) is 5.91 Å². The number of anilines is 1. The molecule has 0 N–H and O–H groups in total. The number of ether oxygens (including phenoxy) is 1. The molecule has 5 rings (SSSR count). The largest absolute Gasteiger partial charge is 0.465 e. The third kappa shape index (κ3) is 3.08. The molecule has 160 valence electrons. The van der Waals surface area contributed by atoms with Crippen molar-refractivity contribution in [3.63, 3.8) is 0 Å². The van der Waals surface area contributed by atoms with E-state index in [4.69, 9.17) is 9.15 Å². The summed E-state index contributed by atoms with van der Waals surface area (Å²) in [4.78, 5) is 45.4. The van der Waals surface area contributed by atoms with E-state index in [9.17, 15) is 14.4 Å². The van der Waals surface area contributed by atoms with Gasteiger partial charge in [0.05, 0.1) is 29.8 Å². The fraction of sp³-hybridized carbons (Fsp3) is 0.130. The van der Waals surface area contributed by atoms with Crippen LogP contribution in [0.4, 0.5) is 5.13 Å². The summed E-state index contributed by atoms with van der Waals surface area (Å²) >= 11 is 4.50. The topological polar surface area (TPSA) is 89.7 Å². The van der Waals surface area contributed by atoms with Gasteiger partial charge >= 0.3 is 5.97 Å². The molecule has 0 unspecified atom stereocenters. The zero-order chi connectivity index (χ0) is 22.6. The number of hydrogen-bond acceptors (Lipinski definition) is 7. The third-order valence-corrected chi connectivity index (χ3v) is 6.93. The number of aromatic nitrogens is 1. The van der Waals surface area contributed by atoms with Crippen LogP contribution in [-0.4, -0.2) is 24.0 Å². The monoisotopic (exact) mass is 510 g/mol. The van der Waals surface area contributed by atoms with Crippen LogP contribution in [0.15, 0.2) is 62.2 Å². The zero-order valence-electron chi connectivity index (χ0n) is 16.9. The minimum absolute atomic E-state index is 0.0221. The highest BCUT2D eigenvalue weighted by Crippen LogP contribution is 2.43. The number of carbonyl (C=O) groups is 2. The SMILES string of the molecule is COC(=O)c1sc(N2C(=O)c3oc4ccccc4c(=O)c3[C@@H]2c2cccc(Br)c2)nc1C. The van der Waals surface area contributed by atoms with Gasteiger partial charge in [-0.2, -0.15) is 0 Å². The number of benzene rings is 2. The van der Waals surface area contributed by atoms with E-state index in [0.29, 0.717) is 27.1 Å². The number of esters is 1. The highest BCUT2D eigenvalue weighted by atomic mass is 79.9. The Kier molecular flexibility index (Phi) is 4.94. The number of hydrogen-bond donors (Lipinski definition) is 0. The number of rotatable bonds is 3. The van der Waals surface area contributed by atoms with Gasteiger partial charge in [-0.15, -0.1) is 0 Å². The molecule has 7 nitrogen and oxygen atoms in total. The van der Waals surface area contributed by atoms with Crippen LogP contribution < -0.4 is 10.3 Å². The van der Waals surface area contributed by atoms with Crippen LogP contribution in [-0.2, 0) is 4.74 Å². The van der Waals surface area contributed by atoms with Gasteiger partial charge in [-0.05, 0) is 36.8 Å². The molecule has 2 aromatic carbocycles. The van der Waals surface area contributed by atoms with Crippen molar-refractivity contribution in [1.29, 1.82) is 0 Å². The molecule has 2 aromatic heterocycles. The zero-order valence-corrected chi connectivity index (χ0v) is 19.3. The summed E-state index contributed by atoms with van der Waals surface area (Å²) < 4.78 is 11.6. The Balaban J connectivity index is 1.79. The molecule has 1 aliphatic rings. The van der Waals surface area contributed by atoms with Crippen molar-refractivity contribution >= 4 is 55.2 Å². The van der Waals surface area contributed by atoms with Crippen molar-refractivity contribution in [1.82, 2.24) is 4.98 Å². The second-order valence-corrected chi connectivity index (χ2v) is 9.10. The van der Waals surface area contributed by atoms with E-state index < -0.39 is 17.9 Å². The lowest BCUT2D eigenvalue weighted by Crippen LogP contribution is -2.29. The van der Waals surface area contributed by atoms with E-state index in [1.807, 2.05) is 24.3 Å². The van der Waals surface area contributed by atoms with Crippen LogP contribution in [0.1, 0.15) is 43.1 Å². The minimum atomic E-state index is -0.757. The third-order valence-electron chi connectivity index (χ3n) is 5.30. The standard InChI is InChI=1S/C23H15BrN2O5S/c1-11-20(22(29)30-2)32-23(25-11)26-17(12-6-5-7-13(24)10-12)16-18(27)14-8-3-4-9-15(14)31-19(16)21(26)28/h3-10,17H,1-2H3/t17-/m0/s1. The highest BCUT2D eigenvalue weighted by molar-refractivity contribution is 9.10. The summed E-state index contributed by atoms with van der Waals surface area (Å²) in [5.74, 6) is -1.04. The normalized spacial score (nSPS) is 15.3. The van der Waals surface area contributed by atoms with Crippen molar-refractivity contribution in [2.45, 2.75) is 13.0 Å². The van der Waals surface area contributed by atoms with Crippen molar-refractivity contribution in [3.05, 3.63) is 90.7 Å². The Morgan fingerprint density at radius 1 is 1.19 bits per heavy atom. The number of carbonyl (C=O) groups excluding carboxylic acids is 2. The van der Waals surface area contributed by atoms with E-state index in [0.717, 1.165) is 15.8 Å². The highest BCUT2D eigenvalue weighted by Gasteiger charge is 2.45. The number of halogens is 1. The fourth-order valence-corrected chi connectivity index (χ4v) is 5.31. The Bertz CT molecular complexity index is 1480. The molecule has 0 saturated heterocycles. The number of nitrogens with zero attached hydrogens (tertiary/aromatic N) is 2. The van der Waals surface area contributed by atoms with Crippen LogP contribution >= 0.6 is 27.3 Å². The van der Waals surface area contributed by atoms with Crippen molar-refractivity contribution in [2.24, 2.45) is 0 Å². The van der Waals surface area contributed by atoms with E-state index in [2.05, 4.69) is 20.9 Å². The average molecular weight is 511 g/mol. The molecule has 4 aromatic rings. The second kappa shape index (κ2) is 7.68. The van der Waals surface area contributed by atoms with E-state index in [1.165, 1.54) is 12.0 Å². The first-order valence-corrected chi connectivity index (χ1v) is 11.2. The molecule has 1 aliphatic heterocycles. The summed E-state index contributed by atoms with van der Waals surface area (Å²) in [6.07, 6.45) is 0. The molecular weight excluding hydrogens is 496 g/mol. The first kappa shape index (κ1) is 20.6. The quantitative estimate of drug-likeness (QED) is 0.365. The van der Waals surface area contributed by atoms with Crippen molar-refractivity contribution in [3.8, 4) is 0 Å². The molecule has 0 bridgehead atoms. The lowest BCUT2D eigenvalue weighted by Gasteiger charge is -2.22. The first-order chi connectivity index (χ1) is 15.4. The van der Waals surface area contributed by atoms with Gasteiger partial charge in [0.15, 0.2) is 10.6 Å². The van der Waals surface area contributed by atoms with E-state index in [1.54, 1.807) is 31.2 Å². The number of methoxy groups -OCH3 is 1. The van der Waals surface area contributed by atoms with Crippen LogP contribution in [0, 0.1) is 6.92 Å². The lowest BCUT2D eigenvalue weighted by atomic mass is 9.99. The van der Waals surface area contributed by atoms with Crippen LogP contribution in [0.5, 0.6) is 0 Å². The van der Waals surface area contributed by atoms with Gasteiger partial charge in [-0.25, -0.2) is 9.78 Å². The van der Waals surface area contributed by atoms with E-state index in [-0.39, 0.29) is 21.9 Å². The molecule has 3 heterocycles. The first-order valence-electron chi connectivity index (χ1n) is 9.61. The maximum atomic E-state index is 13.6. The molecule has 1 atom stereocenters. The lowest BCUT2D eigenvalue weighted by molar-refractivity contribution is 0.0605. The number of aryl methyl sites for hydroxylation is 1. The summed E-state index contributed by atoms with van der Waals surface area (Å²) in [5, 5.41) is 0.680. The van der Waals surface area contributed by atoms with Gasteiger partial charge in [-0.3, -0.25) is 14.5 Å². The second-order valence-electron chi connectivity index (χ2n) is 7.21. The van der Waals surface area contributed by atoms with Crippen LogP contribution in [0.3, 0.4) is 0 Å². The molecule has 9 heteroatoms. The Hall–Kier alpha value is -3.30. The minimum Gasteiger partial charge on any atom is -0.465 e. The molecule has 0 radical (unpaired) electrons. The Morgan fingerprint density at radius 2 is 1.97 bits per heavy atom. The van der Waals surface area contributed by atoms with Gasteiger partial charge in [-0.1, -0.05) is 51.5 Å².